The lowest BCUT2D eigenvalue weighted by atomic mass is 9.33. The predicted octanol–water partition coefficient (Wildman–Crippen LogP) is 13.0. The fourth-order valence-electron chi connectivity index (χ4n) is 11.3. The molecule has 0 saturated heterocycles. The third-order valence-electron chi connectivity index (χ3n) is 14.6. The molecule has 0 spiro atoms. The van der Waals surface area contributed by atoms with Gasteiger partial charge in [0, 0.05) is 34.2 Å². The number of fused-ring (bicyclic) bond motifs is 8. The summed E-state index contributed by atoms with van der Waals surface area (Å²) in [5.41, 5.74) is 27.3. The van der Waals surface area contributed by atoms with Crippen molar-refractivity contribution in [1.82, 2.24) is 5.32 Å². The zero-order chi connectivity index (χ0) is 43.0. The first-order chi connectivity index (χ1) is 30.6. The summed E-state index contributed by atoms with van der Waals surface area (Å²) < 4.78 is 0. The molecular weight excluding hydrogens is 759 g/mol. The first-order valence-electron chi connectivity index (χ1n) is 22.9. The van der Waals surface area contributed by atoms with E-state index in [0.717, 1.165) is 24.9 Å². The first-order valence-corrected chi connectivity index (χ1v) is 22.9. The molecule has 0 bridgehead atoms. The van der Waals surface area contributed by atoms with E-state index in [-0.39, 0.29) is 24.1 Å². The second kappa shape index (κ2) is 15.3. The molecule has 1 N–H and O–H groups in total. The minimum Gasteiger partial charge on any atom is -0.378 e. The number of rotatable bonds is 6. The number of nitrogens with zero attached hydrogens (tertiary/aromatic N) is 1. The lowest BCUT2D eigenvalue weighted by Crippen LogP contribution is -2.52. The molecule has 7 aromatic rings. The van der Waals surface area contributed by atoms with Crippen molar-refractivity contribution in [3.8, 4) is 11.1 Å². The smallest absolute Gasteiger partial charge is 0.240 e. The summed E-state index contributed by atoms with van der Waals surface area (Å²) in [6.45, 7) is 14.1. The van der Waals surface area contributed by atoms with Gasteiger partial charge in [-0.3, -0.25) is 0 Å². The molecule has 2 unspecified atom stereocenters. The number of allylic oxidation sites excluding steroid dienone is 3. The van der Waals surface area contributed by atoms with E-state index in [2.05, 4.69) is 222 Å². The number of nitrogens with one attached hydrogen (secondary N) is 1. The van der Waals surface area contributed by atoms with E-state index in [9.17, 15) is 0 Å². The molecule has 63 heavy (non-hydrogen) atoms. The molecule has 11 rings (SSSR count). The van der Waals surface area contributed by atoms with Crippen LogP contribution in [0.2, 0.25) is 0 Å². The van der Waals surface area contributed by atoms with Gasteiger partial charge in [-0.1, -0.05) is 188 Å². The Hall–Kier alpha value is -6.58. The van der Waals surface area contributed by atoms with Crippen LogP contribution in [-0.4, -0.2) is 12.8 Å². The Bertz CT molecular complexity index is 3050. The van der Waals surface area contributed by atoms with Crippen molar-refractivity contribution in [1.29, 1.82) is 0 Å². The van der Waals surface area contributed by atoms with Gasteiger partial charge in [0.05, 0.1) is 6.04 Å². The van der Waals surface area contributed by atoms with Gasteiger partial charge in [-0.15, -0.1) is 0 Å². The monoisotopic (exact) mass is 814 g/mol. The quantitative estimate of drug-likeness (QED) is 0.168. The van der Waals surface area contributed by atoms with Crippen molar-refractivity contribution in [2.75, 3.05) is 4.90 Å². The Morgan fingerprint density at radius 3 is 2.16 bits per heavy atom. The van der Waals surface area contributed by atoms with E-state index in [4.69, 9.17) is 0 Å². The number of para-hydroxylation sites is 2. The van der Waals surface area contributed by atoms with Crippen molar-refractivity contribution in [3.05, 3.63) is 237 Å². The normalized spacial score (nSPS) is 17.0. The average molecular weight is 815 g/mol. The maximum Gasteiger partial charge on any atom is 0.240 e. The largest absolute Gasteiger partial charge is 0.378 e. The zero-order valence-electron chi connectivity index (χ0n) is 37.5. The molecule has 2 nitrogen and oxygen atoms in total. The van der Waals surface area contributed by atoms with E-state index < -0.39 is 0 Å². The van der Waals surface area contributed by atoms with E-state index >= 15 is 0 Å². The van der Waals surface area contributed by atoms with Gasteiger partial charge in [-0.25, -0.2) is 0 Å². The highest BCUT2D eigenvalue weighted by atomic mass is 15.1. The van der Waals surface area contributed by atoms with Gasteiger partial charge in [-0.05, 0) is 131 Å². The minimum atomic E-state index is 0.0554. The Labute approximate surface area is 374 Å². The number of hydrogen-bond donors (Lipinski definition) is 1. The van der Waals surface area contributed by atoms with Crippen LogP contribution < -0.4 is 21.1 Å². The summed E-state index contributed by atoms with van der Waals surface area (Å²) in [5.74, 6) is 0.206. The second-order valence-corrected chi connectivity index (χ2v) is 19.4. The van der Waals surface area contributed by atoms with Gasteiger partial charge in [0.2, 0.25) is 6.71 Å². The molecule has 3 aliphatic carbocycles. The Balaban J connectivity index is 1.04. The van der Waals surface area contributed by atoms with Crippen LogP contribution in [0.4, 0.5) is 17.1 Å². The molecule has 4 aliphatic rings. The van der Waals surface area contributed by atoms with Crippen LogP contribution in [0.25, 0.3) is 16.8 Å². The van der Waals surface area contributed by atoms with Gasteiger partial charge in [-0.2, -0.15) is 0 Å². The van der Waals surface area contributed by atoms with Crippen molar-refractivity contribution >= 4 is 40.4 Å². The molecule has 0 radical (unpaired) electrons. The summed E-state index contributed by atoms with van der Waals surface area (Å²) in [5, 5.41) is 4.19. The minimum absolute atomic E-state index is 0.0554. The summed E-state index contributed by atoms with van der Waals surface area (Å²) in [4.78, 5) is 2.48. The molecule has 308 valence electrons. The van der Waals surface area contributed by atoms with Gasteiger partial charge in [0.15, 0.2) is 0 Å². The van der Waals surface area contributed by atoms with Crippen molar-refractivity contribution in [2.45, 2.75) is 72.8 Å². The van der Waals surface area contributed by atoms with E-state index in [1.807, 2.05) is 0 Å². The summed E-state index contributed by atoms with van der Waals surface area (Å²) >= 11 is 0. The molecule has 3 heteroatoms. The third-order valence-corrected chi connectivity index (χ3v) is 14.6. The molecule has 7 aromatic carbocycles. The van der Waals surface area contributed by atoms with Gasteiger partial charge < -0.3 is 10.2 Å². The highest BCUT2D eigenvalue weighted by Gasteiger charge is 2.41. The SMILES string of the molecule is Cc1cc(N(c2ccccc2)c2ccccc2Cc2ccc3c(c2C)Cc2ccccc2-3)ccc1B1C2=C(NC3C=CC(C(C)(C)C)=CC3c3cccc(C)c31)c1ccccc1C2. The summed E-state index contributed by atoms with van der Waals surface area (Å²) in [6, 6.07) is 57.2. The predicted molar refractivity (Wildman–Crippen MR) is 268 cm³/mol. The van der Waals surface area contributed by atoms with Crippen molar-refractivity contribution in [3.63, 3.8) is 0 Å². The Morgan fingerprint density at radius 2 is 1.37 bits per heavy atom. The van der Waals surface area contributed by atoms with Crippen LogP contribution >= 0.6 is 0 Å². The average Bonchev–Trinajstić information content (AvgIpc) is 3.85. The standard InChI is InChI=1S/C60H55BN2/c1-38-17-16-25-51-53-37-45(60(4,5)6)28-32-56(53)62-59-49-24-14-11-19-43(49)36-55(59)61(58(38)51)54-31-29-47(33-39(54)2)63(46-21-8-7-9-22-46)57-26-15-12-20-44(57)34-41-27-30-50-48-23-13-10-18-42(48)35-52(50)40(41)3/h7-33,37,53,56,62H,34-36H2,1-6H3. The van der Waals surface area contributed by atoms with Crippen molar-refractivity contribution in [2.24, 2.45) is 5.41 Å². The van der Waals surface area contributed by atoms with Gasteiger partial charge in [0.1, 0.15) is 0 Å². The highest BCUT2D eigenvalue weighted by molar-refractivity contribution is 6.92. The van der Waals surface area contributed by atoms with Crippen LogP contribution in [0.5, 0.6) is 0 Å². The molecule has 0 amide bonds. The fraction of sp³-hybridized carbons (Fsp3) is 0.200. The van der Waals surface area contributed by atoms with Crippen LogP contribution in [0.1, 0.15) is 82.3 Å². The maximum absolute atomic E-state index is 4.19. The molecular formula is C60H55BN2. The van der Waals surface area contributed by atoms with E-state index in [1.54, 1.807) is 0 Å². The molecule has 1 heterocycles. The lowest BCUT2D eigenvalue weighted by Gasteiger charge is -2.38. The molecule has 0 fully saturated rings. The molecule has 2 atom stereocenters. The lowest BCUT2D eigenvalue weighted by molar-refractivity contribution is 0.501. The van der Waals surface area contributed by atoms with Crippen molar-refractivity contribution < 1.29 is 0 Å². The number of hydrogen-bond acceptors (Lipinski definition) is 2. The molecule has 0 saturated carbocycles. The molecule has 1 aliphatic heterocycles. The maximum atomic E-state index is 4.19. The number of aryl methyl sites for hydroxylation is 2. The van der Waals surface area contributed by atoms with Crippen LogP contribution in [0, 0.1) is 26.2 Å². The Kier molecular flexibility index (Phi) is 9.57. The fourth-order valence-corrected chi connectivity index (χ4v) is 11.3. The Morgan fingerprint density at radius 1 is 0.635 bits per heavy atom. The number of anilines is 3. The van der Waals surface area contributed by atoms with E-state index in [1.165, 1.54) is 106 Å². The first kappa shape index (κ1) is 39.3. The topological polar surface area (TPSA) is 15.3 Å². The summed E-state index contributed by atoms with van der Waals surface area (Å²) in [6.07, 6.45) is 10.2. The molecule has 0 aromatic heterocycles. The zero-order valence-corrected chi connectivity index (χ0v) is 37.5. The second-order valence-electron chi connectivity index (χ2n) is 19.4. The number of benzene rings is 7. The van der Waals surface area contributed by atoms with E-state index in [0.29, 0.717) is 0 Å². The highest BCUT2D eigenvalue weighted by Crippen LogP contribution is 2.44. The summed E-state index contributed by atoms with van der Waals surface area (Å²) in [7, 11) is 0. The van der Waals surface area contributed by atoms with Crippen LogP contribution in [0.3, 0.4) is 0 Å². The van der Waals surface area contributed by atoms with Crippen LogP contribution in [-0.2, 0) is 19.3 Å². The third kappa shape index (κ3) is 6.72. The van der Waals surface area contributed by atoms with Gasteiger partial charge in [0.25, 0.3) is 0 Å². The van der Waals surface area contributed by atoms with Crippen LogP contribution in [0.15, 0.2) is 181 Å². The van der Waals surface area contributed by atoms with Gasteiger partial charge >= 0.3 is 0 Å².